The zero-order valence-electron chi connectivity index (χ0n) is 11.8. The minimum Gasteiger partial charge on any atom is -0.497 e. The second kappa shape index (κ2) is 5.97. The van der Waals surface area contributed by atoms with Gasteiger partial charge in [0, 0.05) is 11.8 Å². The summed E-state index contributed by atoms with van der Waals surface area (Å²) >= 11 is 0. The van der Waals surface area contributed by atoms with E-state index in [9.17, 15) is 5.26 Å². The molecule has 102 valence electrons. The van der Waals surface area contributed by atoms with Crippen molar-refractivity contribution in [3.8, 4) is 11.8 Å². The summed E-state index contributed by atoms with van der Waals surface area (Å²) in [5.74, 6) is 1.24. The molecule has 0 heterocycles. The van der Waals surface area contributed by atoms with E-state index in [-0.39, 0.29) is 0 Å². The third kappa shape index (κ3) is 3.20. The summed E-state index contributed by atoms with van der Waals surface area (Å²) in [5, 5.41) is 13.0. The molecule has 1 unspecified atom stereocenters. The molecule has 0 spiro atoms. The van der Waals surface area contributed by atoms with E-state index < -0.39 is 5.54 Å². The third-order valence-corrected chi connectivity index (χ3v) is 4.13. The van der Waals surface area contributed by atoms with E-state index in [4.69, 9.17) is 4.74 Å². The van der Waals surface area contributed by atoms with Gasteiger partial charge in [-0.25, -0.2) is 0 Å². The summed E-state index contributed by atoms with van der Waals surface area (Å²) in [6.45, 7) is 2.02. The lowest BCUT2D eigenvalue weighted by molar-refractivity contribution is 0.286. The van der Waals surface area contributed by atoms with Crippen molar-refractivity contribution in [2.24, 2.45) is 5.92 Å². The first-order valence-corrected chi connectivity index (χ1v) is 7.01. The predicted molar refractivity (Wildman–Crippen MR) is 77.2 cm³/mol. The van der Waals surface area contributed by atoms with Crippen molar-refractivity contribution < 1.29 is 4.74 Å². The minimum absolute atomic E-state index is 0.428. The predicted octanol–water partition coefficient (Wildman–Crippen LogP) is 3.97. The van der Waals surface area contributed by atoms with Gasteiger partial charge in [0.15, 0.2) is 0 Å². The van der Waals surface area contributed by atoms with Crippen LogP contribution in [0.5, 0.6) is 5.75 Å². The van der Waals surface area contributed by atoms with Gasteiger partial charge in [-0.2, -0.15) is 5.26 Å². The highest BCUT2D eigenvalue weighted by molar-refractivity contribution is 5.51. The molecular weight excluding hydrogens is 236 g/mol. The van der Waals surface area contributed by atoms with Crippen LogP contribution >= 0.6 is 0 Å². The molecule has 1 saturated carbocycles. The van der Waals surface area contributed by atoms with Crippen LogP contribution in [0.15, 0.2) is 24.3 Å². The van der Waals surface area contributed by atoms with Gasteiger partial charge in [0.25, 0.3) is 0 Å². The Morgan fingerprint density at radius 3 is 2.68 bits per heavy atom. The average Bonchev–Trinajstić information content (AvgIpc) is 2.48. The molecule has 1 atom stereocenters. The second-order valence-electron chi connectivity index (χ2n) is 5.51. The fourth-order valence-electron chi connectivity index (χ4n) is 2.90. The minimum atomic E-state index is -0.493. The molecule has 1 fully saturated rings. The third-order valence-electron chi connectivity index (χ3n) is 4.13. The Kier molecular flexibility index (Phi) is 4.31. The summed E-state index contributed by atoms with van der Waals surface area (Å²) in [6.07, 6.45) is 6.06. The summed E-state index contributed by atoms with van der Waals surface area (Å²) in [7, 11) is 1.66. The second-order valence-corrected chi connectivity index (χ2v) is 5.51. The number of nitrogens with one attached hydrogen (secondary N) is 1. The molecule has 1 aromatic rings. The van der Waals surface area contributed by atoms with Crippen LogP contribution in [-0.2, 0) is 0 Å². The van der Waals surface area contributed by atoms with Crippen LogP contribution in [0, 0.1) is 17.2 Å². The molecule has 0 aliphatic heterocycles. The van der Waals surface area contributed by atoms with E-state index in [0.29, 0.717) is 5.92 Å². The monoisotopic (exact) mass is 258 g/mol. The van der Waals surface area contributed by atoms with Crippen molar-refractivity contribution in [2.75, 3.05) is 12.4 Å². The van der Waals surface area contributed by atoms with Gasteiger partial charge in [-0.15, -0.1) is 0 Å². The number of nitrogens with zero attached hydrogens (tertiary/aromatic N) is 1. The molecule has 3 heteroatoms. The highest BCUT2D eigenvalue weighted by Gasteiger charge is 2.35. The Labute approximate surface area is 115 Å². The highest BCUT2D eigenvalue weighted by atomic mass is 16.5. The number of methoxy groups -OCH3 is 1. The number of hydrogen-bond acceptors (Lipinski definition) is 3. The van der Waals surface area contributed by atoms with Crippen molar-refractivity contribution >= 4 is 5.69 Å². The first kappa shape index (κ1) is 13.7. The Morgan fingerprint density at radius 2 is 2.05 bits per heavy atom. The molecule has 0 saturated heterocycles. The lowest BCUT2D eigenvalue weighted by Crippen LogP contribution is -2.42. The number of ether oxygens (including phenoxy) is 1. The van der Waals surface area contributed by atoms with Crippen molar-refractivity contribution in [2.45, 2.75) is 44.6 Å². The van der Waals surface area contributed by atoms with Crippen molar-refractivity contribution in [1.82, 2.24) is 0 Å². The van der Waals surface area contributed by atoms with Crippen LogP contribution < -0.4 is 10.1 Å². The highest BCUT2D eigenvalue weighted by Crippen LogP contribution is 2.35. The van der Waals surface area contributed by atoms with E-state index >= 15 is 0 Å². The zero-order valence-corrected chi connectivity index (χ0v) is 11.8. The van der Waals surface area contributed by atoms with Gasteiger partial charge in [-0.3, -0.25) is 0 Å². The Morgan fingerprint density at radius 1 is 1.32 bits per heavy atom. The summed E-state index contributed by atoms with van der Waals surface area (Å²) < 4.78 is 5.23. The van der Waals surface area contributed by atoms with E-state index in [0.717, 1.165) is 24.3 Å². The molecule has 1 aliphatic carbocycles. The van der Waals surface area contributed by atoms with Gasteiger partial charge < -0.3 is 10.1 Å². The van der Waals surface area contributed by atoms with E-state index in [1.807, 2.05) is 31.2 Å². The number of benzene rings is 1. The smallest absolute Gasteiger partial charge is 0.125 e. The van der Waals surface area contributed by atoms with Crippen LogP contribution in [0.25, 0.3) is 0 Å². The maximum Gasteiger partial charge on any atom is 0.125 e. The molecule has 1 N–H and O–H groups in total. The summed E-state index contributed by atoms with van der Waals surface area (Å²) in [4.78, 5) is 0. The Balaban J connectivity index is 2.14. The van der Waals surface area contributed by atoms with Crippen LogP contribution in [0.3, 0.4) is 0 Å². The number of hydrogen-bond donors (Lipinski definition) is 1. The van der Waals surface area contributed by atoms with Crippen molar-refractivity contribution in [3.05, 3.63) is 24.3 Å². The topological polar surface area (TPSA) is 45.0 Å². The number of anilines is 1. The molecule has 1 aliphatic rings. The normalized spacial score (nSPS) is 19.2. The van der Waals surface area contributed by atoms with Crippen LogP contribution in [0.2, 0.25) is 0 Å². The lowest BCUT2D eigenvalue weighted by atomic mass is 9.76. The van der Waals surface area contributed by atoms with Gasteiger partial charge in [0.05, 0.1) is 13.2 Å². The van der Waals surface area contributed by atoms with Crippen LogP contribution in [-0.4, -0.2) is 12.6 Å². The average molecular weight is 258 g/mol. The van der Waals surface area contributed by atoms with Gasteiger partial charge in [0.2, 0.25) is 0 Å². The first-order valence-electron chi connectivity index (χ1n) is 7.01. The van der Waals surface area contributed by atoms with Gasteiger partial charge in [0.1, 0.15) is 11.3 Å². The van der Waals surface area contributed by atoms with Crippen LogP contribution in [0.1, 0.15) is 39.0 Å². The summed E-state index contributed by atoms with van der Waals surface area (Å²) in [6, 6.07) is 10.3. The molecule has 3 nitrogen and oxygen atoms in total. The number of rotatable bonds is 4. The fourth-order valence-corrected chi connectivity index (χ4v) is 2.90. The first-order chi connectivity index (χ1) is 9.18. The zero-order chi connectivity index (χ0) is 13.7. The summed E-state index contributed by atoms with van der Waals surface area (Å²) in [5.41, 5.74) is 0.459. The van der Waals surface area contributed by atoms with E-state index in [1.165, 1.54) is 19.3 Å². The van der Waals surface area contributed by atoms with E-state index in [2.05, 4.69) is 11.4 Å². The molecular formula is C16H22N2O. The molecule has 0 aromatic heterocycles. The molecule has 1 aromatic carbocycles. The van der Waals surface area contributed by atoms with Gasteiger partial charge >= 0.3 is 0 Å². The molecule has 0 radical (unpaired) electrons. The van der Waals surface area contributed by atoms with Gasteiger partial charge in [-0.05, 0) is 37.8 Å². The largest absolute Gasteiger partial charge is 0.497 e. The lowest BCUT2D eigenvalue weighted by Gasteiger charge is -2.36. The quantitative estimate of drug-likeness (QED) is 0.888. The molecule has 0 amide bonds. The SMILES string of the molecule is COc1cccc(NC(C)(C#N)C2CCCCC2)c1. The van der Waals surface area contributed by atoms with E-state index in [1.54, 1.807) is 7.11 Å². The maximum absolute atomic E-state index is 9.58. The number of nitriles is 1. The van der Waals surface area contributed by atoms with Crippen LogP contribution in [0.4, 0.5) is 5.69 Å². The molecule has 19 heavy (non-hydrogen) atoms. The standard InChI is InChI=1S/C16H22N2O/c1-16(12-17,13-7-4-3-5-8-13)18-14-9-6-10-15(11-14)19-2/h6,9-11,13,18H,3-5,7-8H2,1-2H3. The Hall–Kier alpha value is -1.69. The molecule has 0 bridgehead atoms. The Bertz CT molecular complexity index is 460. The maximum atomic E-state index is 9.58. The fraction of sp³-hybridized carbons (Fsp3) is 0.562. The molecule has 2 rings (SSSR count). The van der Waals surface area contributed by atoms with Gasteiger partial charge in [-0.1, -0.05) is 25.3 Å². The van der Waals surface area contributed by atoms with Crippen molar-refractivity contribution in [1.29, 1.82) is 5.26 Å². The van der Waals surface area contributed by atoms with Crippen molar-refractivity contribution in [3.63, 3.8) is 0 Å².